The van der Waals surface area contributed by atoms with Crippen molar-refractivity contribution in [2.24, 2.45) is 0 Å². The number of ether oxygens (including phenoxy) is 2. The number of carbonyl (C=O) groups is 2. The fraction of sp³-hybridized carbons (Fsp3) is 0.429. The Labute approximate surface area is 317 Å². The second kappa shape index (κ2) is 32.4. The first-order chi connectivity index (χ1) is 24.3. The molecule has 51 heavy (non-hydrogen) atoms. The molecule has 0 aromatic heterocycles. The molecule has 0 bridgehead atoms. The van der Waals surface area contributed by atoms with Crippen LogP contribution in [0.2, 0.25) is 0 Å². The number of unbranched alkanes of at least 4 members (excludes halogenated alkanes) is 12. The van der Waals surface area contributed by atoms with Crippen LogP contribution >= 0.6 is 0 Å². The molecule has 0 unspecified atom stereocenters. The zero-order valence-corrected chi connectivity index (χ0v) is 31.6. The minimum Gasteiger partial charge on any atom is -0.488 e. The molecule has 0 radical (unpaired) electrons. The quantitative estimate of drug-likeness (QED) is 0.0254. The molecule has 9 heteroatoms. The maximum Gasteiger partial charge on any atom is 4.00 e. The summed E-state index contributed by atoms with van der Waals surface area (Å²) in [5.74, 6) is -5.08. The molecule has 0 aliphatic carbocycles. The molecule has 0 spiro atoms. The molecule has 0 heterocycles. The van der Waals surface area contributed by atoms with Gasteiger partial charge in [0.15, 0.2) is 0 Å². The van der Waals surface area contributed by atoms with Crippen LogP contribution in [0.5, 0.6) is 11.5 Å². The van der Waals surface area contributed by atoms with Crippen LogP contribution < -0.4 is 9.47 Å². The van der Waals surface area contributed by atoms with Crippen LogP contribution in [0.1, 0.15) is 117 Å². The second-order valence-corrected chi connectivity index (χ2v) is 11.6. The monoisotopic (exact) mass is 744 g/mol. The van der Waals surface area contributed by atoms with Crippen molar-refractivity contribution in [3.63, 3.8) is 0 Å². The third-order valence-corrected chi connectivity index (χ3v) is 7.18. The summed E-state index contributed by atoms with van der Waals surface area (Å²) in [6.45, 7) is 4.34. The van der Waals surface area contributed by atoms with Gasteiger partial charge in [0, 0.05) is 24.5 Å². The summed E-state index contributed by atoms with van der Waals surface area (Å²) in [5, 5.41) is 0. The van der Waals surface area contributed by atoms with Gasteiger partial charge in [0.1, 0.15) is 0 Å². The van der Waals surface area contributed by atoms with Crippen molar-refractivity contribution in [2.75, 3.05) is 0 Å². The topological polar surface area (TPSA) is 52.6 Å². The number of hydrogen-bond acceptors (Lipinski definition) is 4. The molecule has 0 fully saturated rings. The van der Waals surface area contributed by atoms with Gasteiger partial charge in [-0.15, -0.1) is 36.4 Å². The summed E-state index contributed by atoms with van der Waals surface area (Å²) in [6, 6.07) is 27.9. The van der Waals surface area contributed by atoms with E-state index in [2.05, 4.69) is 13.8 Å². The summed E-state index contributed by atoms with van der Waals surface area (Å²) in [7, 11) is 0. The standard InChI is InChI=1S/2C16H21F2O2.2C5H5.Ti/c2*1-2-3-4-5-6-7-8-9-16(19)20-15-11-10-13(17)12-14(15)18;2*1-2-4-5-3-1;/h2*10-11H,2-9H2,1H3;2*1-5H;/q4*-1;+4. The van der Waals surface area contributed by atoms with Crippen LogP contribution in [0.3, 0.4) is 0 Å². The van der Waals surface area contributed by atoms with Gasteiger partial charge in [-0.1, -0.05) is 90.9 Å². The van der Waals surface area contributed by atoms with Gasteiger partial charge >= 0.3 is 21.7 Å². The van der Waals surface area contributed by atoms with Crippen LogP contribution in [-0.4, -0.2) is 11.9 Å². The van der Waals surface area contributed by atoms with Crippen molar-refractivity contribution in [2.45, 2.75) is 117 Å². The summed E-state index contributed by atoms with van der Waals surface area (Å²) in [6.07, 6.45) is 15.9. The van der Waals surface area contributed by atoms with Gasteiger partial charge < -0.3 is 9.47 Å². The van der Waals surface area contributed by atoms with E-state index in [0.717, 1.165) is 62.8 Å². The maximum absolute atomic E-state index is 13.2. The molecule has 0 saturated heterocycles. The van der Waals surface area contributed by atoms with Gasteiger partial charge in [0.25, 0.3) is 11.9 Å². The Kier molecular flexibility index (Phi) is 30.2. The Hall–Kier alpha value is -3.49. The first-order valence-electron chi connectivity index (χ1n) is 17.8. The van der Waals surface area contributed by atoms with Gasteiger partial charge in [-0.2, -0.15) is 36.4 Å². The van der Waals surface area contributed by atoms with E-state index in [1.807, 2.05) is 72.8 Å². The molecular formula is C42H52F4O4Ti. The Morgan fingerprint density at radius 2 is 0.843 bits per heavy atom. The third kappa shape index (κ3) is 26.9. The second-order valence-electron chi connectivity index (χ2n) is 11.6. The van der Waals surface area contributed by atoms with Crippen LogP contribution in [0.25, 0.3) is 0 Å². The Morgan fingerprint density at radius 3 is 1.12 bits per heavy atom. The number of carbonyl (C=O) groups excluding carboxylic acids is 2. The molecule has 0 aliphatic heterocycles. The Bertz CT molecular complexity index is 1240. The zero-order chi connectivity index (χ0) is 36.7. The number of esters is 2. The molecule has 4 aromatic carbocycles. The molecule has 276 valence electrons. The average molecular weight is 745 g/mol. The van der Waals surface area contributed by atoms with Gasteiger partial charge in [-0.25, -0.2) is 41.8 Å². The molecule has 0 amide bonds. The number of benzene rings is 2. The zero-order valence-electron chi connectivity index (χ0n) is 30.0. The van der Waals surface area contributed by atoms with E-state index in [1.165, 1.54) is 51.4 Å². The normalized spacial score (nSPS) is 9.84. The smallest absolute Gasteiger partial charge is 0.488 e. The van der Waals surface area contributed by atoms with E-state index in [4.69, 9.17) is 9.47 Å². The van der Waals surface area contributed by atoms with Crippen molar-refractivity contribution < 1.29 is 58.3 Å². The minimum absolute atomic E-state index is 0. The average Bonchev–Trinajstić information content (AvgIpc) is 3.88. The van der Waals surface area contributed by atoms with Crippen molar-refractivity contribution in [3.8, 4) is 11.5 Å². The van der Waals surface area contributed by atoms with Gasteiger partial charge in [0.05, 0.1) is 23.1 Å². The predicted molar refractivity (Wildman–Crippen MR) is 191 cm³/mol. The van der Waals surface area contributed by atoms with E-state index >= 15 is 0 Å². The summed E-state index contributed by atoms with van der Waals surface area (Å²) < 4.78 is 61.3. The predicted octanol–water partition coefficient (Wildman–Crippen LogP) is 12.4. The molecule has 0 atom stereocenters. The molecular weight excluding hydrogens is 692 g/mol. The van der Waals surface area contributed by atoms with Crippen molar-refractivity contribution in [3.05, 3.63) is 120 Å². The van der Waals surface area contributed by atoms with E-state index in [9.17, 15) is 27.2 Å². The molecule has 0 N–H and O–H groups in total. The van der Waals surface area contributed by atoms with Crippen molar-refractivity contribution >= 4 is 11.9 Å². The van der Waals surface area contributed by atoms with Gasteiger partial charge in [0.2, 0.25) is 0 Å². The molecule has 0 saturated carbocycles. The number of rotatable bonds is 18. The summed E-state index contributed by atoms with van der Waals surface area (Å²) in [4.78, 5) is 23.0. The summed E-state index contributed by atoms with van der Waals surface area (Å²) >= 11 is 0. The fourth-order valence-electron chi connectivity index (χ4n) is 4.46. The Morgan fingerprint density at radius 1 is 0.529 bits per heavy atom. The van der Waals surface area contributed by atoms with Crippen LogP contribution in [0.15, 0.2) is 84.9 Å². The van der Waals surface area contributed by atoms with E-state index in [-0.39, 0.29) is 46.1 Å². The van der Waals surface area contributed by atoms with Crippen LogP contribution in [0, 0.1) is 35.4 Å². The molecule has 4 rings (SSSR count). The first-order valence-corrected chi connectivity index (χ1v) is 17.8. The molecule has 4 aromatic rings. The SMILES string of the molecule is CCCCCCCCCC(=O)Oc1ccc(F)[c-]c1F.CCCCCCCCCC(=O)Oc1ccc(F)[c-]c1F.[Ti+4].c1cc[cH-]c1.c1cc[cH-]c1. The number of halogens is 4. The number of hydrogen-bond donors (Lipinski definition) is 0. The molecule has 4 nitrogen and oxygen atoms in total. The third-order valence-electron chi connectivity index (χ3n) is 7.18. The van der Waals surface area contributed by atoms with E-state index in [0.29, 0.717) is 0 Å². The van der Waals surface area contributed by atoms with Gasteiger partial charge in [-0.3, -0.25) is 9.59 Å². The van der Waals surface area contributed by atoms with Gasteiger partial charge in [-0.05, 0) is 12.8 Å². The minimum atomic E-state index is -0.974. The van der Waals surface area contributed by atoms with Crippen LogP contribution in [-0.2, 0) is 31.3 Å². The van der Waals surface area contributed by atoms with E-state index < -0.39 is 35.2 Å². The maximum atomic E-state index is 13.2. The van der Waals surface area contributed by atoms with Crippen molar-refractivity contribution in [1.29, 1.82) is 0 Å². The Balaban J connectivity index is 0.000000754. The summed E-state index contributed by atoms with van der Waals surface area (Å²) in [5.41, 5.74) is 0. The molecule has 0 aliphatic rings. The van der Waals surface area contributed by atoms with Crippen molar-refractivity contribution in [1.82, 2.24) is 0 Å². The van der Waals surface area contributed by atoms with E-state index in [1.54, 1.807) is 0 Å². The largest absolute Gasteiger partial charge is 4.00 e. The van der Waals surface area contributed by atoms with Crippen LogP contribution in [0.4, 0.5) is 17.6 Å². The first kappa shape index (κ1) is 47.5. The fourth-order valence-corrected chi connectivity index (χ4v) is 4.46.